The van der Waals surface area contributed by atoms with Crippen LogP contribution in [0.5, 0.6) is 0 Å². The molecule has 0 aliphatic rings. The van der Waals surface area contributed by atoms with Crippen LogP contribution in [0, 0.1) is 6.92 Å². The number of aryl methyl sites for hydroxylation is 1. The first-order valence-corrected chi connectivity index (χ1v) is 6.96. The number of aliphatic hydroxyl groups excluding tert-OH is 1. The highest BCUT2D eigenvalue weighted by atomic mass is 16.3. The van der Waals surface area contributed by atoms with Crippen molar-refractivity contribution in [2.45, 2.75) is 26.4 Å². The molecule has 1 aromatic heterocycles. The summed E-state index contributed by atoms with van der Waals surface area (Å²) in [6.45, 7) is 4.23. The van der Waals surface area contributed by atoms with Gasteiger partial charge in [-0.25, -0.2) is 15.8 Å². The zero-order valence-corrected chi connectivity index (χ0v) is 12.3. The summed E-state index contributed by atoms with van der Waals surface area (Å²) < 4.78 is 0. The quantitative estimate of drug-likeness (QED) is 0.478. The standard InChI is InChI=1S/C15H21N5O/c1-3-13-18-14(10(2)15(19-13)20-16)17-9-12(21)11-7-5-4-6-8-11/h4-8,12,21H,3,9,16H2,1-2H3,(H2,17,18,19,20). The molecule has 0 saturated heterocycles. The van der Waals surface area contributed by atoms with E-state index < -0.39 is 6.10 Å². The number of hydrogen-bond acceptors (Lipinski definition) is 6. The molecule has 112 valence electrons. The second-order valence-electron chi connectivity index (χ2n) is 4.77. The van der Waals surface area contributed by atoms with Gasteiger partial charge in [0.2, 0.25) is 0 Å². The topological polar surface area (TPSA) is 96.1 Å². The van der Waals surface area contributed by atoms with E-state index in [2.05, 4.69) is 20.7 Å². The van der Waals surface area contributed by atoms with Crippen molar-refractivity contribution in [2.24, 2.45) is 5.84 Å². The summed E-state index contributed by atoms with van der Waals surface area (Å²) in [5.41, 5.74) is 4.27. The van der Waals surface area contributed by atoms with Crippen LogP contribution < -0.4 is 16.6 Å². The zero-order valence-electron chi connectivity index (χ0n) is 12.3. The largest absolute Gasteiger partial charge is 0.387 e. The minimum atomic E-state index is -0.597. The molecule has 1 unspecified atom stereocenters. The number of nitrogens with two attached hydrogens (primary N) is 1. The molecule has 2 rings (SSSR count). The number of anilines is 2. The van der Waals surface area contributed by atoms with E-state index in [9.17, 15) is 5.11 Å². The molecule has 2 aromatic rings. The molecule has 0 bridgehead atoms. The Morgan fingerprint density at radius 1 is 1.19 bits per heavy atom. The monoisotopic (exact) mass is 287 g/mol. The number of rotatable bonds is 6. The molecular weight excluding hydrogens is 266 g/mol. The van der Waals surface area contributed by atoms with Crippen molar-refractivity contribution in [1.82, 2.24) is 9.97 Å². The predicted octanol–water partition coefficient (Wildman–Crippen LogP) is 1.78. The average molecular weight is 287 g/mol. The number of nitrogens with zero attached hydrogens (tertiary/aromatic N) is 2. The zero-order chi connectivity index (χ0) is 15.2. The second kappa shape index (κ2) is 7.01. The summed E-state index contributed by atoms with van der Waals surface area (Å²) in [6, 6.07) is 9.51. The fraction of sp³-hybridized carbons (Fsp3) is 0.333. The van der Waals surface area contributed by atoms with Crippen LogP contribution in [0.3, 0.4) is 0 Å². The summed E-state index contributed by atoms with van der Waals surface area (Å²) in [4.78, 5) is 8.74. The number of hydrazine groups is 1. The van der Waals surface area contributed by atoms with Gasteiger partial charge in [-0.3, -0.25) is 0 Å². The van der Waals surface area contributed by atoms with E-state index in [0.717, 1.165) is 11.1 Å². The second-order valence-corrected chi connectivity index (χ2v) is 4.77. The van der Waals surface area contributed by atoms with Crippen LogP contribution in [0.4, 0.5) is 11.6 Å². The number of nitrogens with one attached hydrogen (secondary N) is 2. The Morgan fingerprint density at radius 3 is 2.48 bits per heavy atom. The molecule has 0 aliphatic heterocycles. The Kier molecular flexibility index (Phi) is 5.08. The van der Waals surface area contributed by atoms with Gasteiger partial charge in [0.1, 0.15) is 17.5 Å². The third kappa shape index (κ3) is 3.68. The molecule has 0 aliphatic carbocycles. The van der Waals surface area contributed by atoms with Crippen molar-refractivity contribution in [1.29, 1.82) is 0 Å². The lowest BCUT2D eigenvalue weighted by atomic mass is 10.1. The normalized spacial score (nSPS) is 12.0. The van der Waals surface area contributed by atoms with E-state index in [0.29, 0.717) is 30.4 Å². The number of aromatic nitrogens is 2. The molecular formula is C15H21N5O. The van der Waals surface area contributed by atoms with Crippen molar-refractivity contribution >= 4 is 11.6 Å². The van der Waals surface area contributed by atoms with Crippen molar-refractivity contribution in [3.63, 3.8) is 0 Å². The molecule has 6 nitrogen and oxygen atoms in total. The summed E-state index contributed by atoms with van der Waals surface area (Å²) in [7, 11) is 0. The smallest absolute Gasteiger partial charge is 0.148 e. The highest BCUT2D eigenvalue weighted by Crippen LogP contribution is 2.21. The van der Waals surface area contributed by atoms with Gasteiger partial charge in [0.15, 0.2) is 0 Å². The molecule has 1 atom stereocenters. The molecule has 0 spiro atoms. The Bertz CT molecular complexity index is 588. The molecule has 0 fully saturated rings. The van der Waals surface area contributed by atoms with E-state index in [-0.39, 0.29) is 0 Å². The summed E-state index contributed by atoms with van der Waals surface area (Å²) >= 11 is 0. The lowest BCUT2D eigenvalue weighted by Crippen LogP contribution is -2.17. The first kappa shape index (κ1) is 15.2. The maximum Gasteiger partial charge on any atom is 0.148 e. The third-order valence-electron chi connectivity index (χ3n) is 3.29. The highest BCUT2D eigenvalue weighted by Gasteiger charge is 2.12. The SMILES string of the molecule is CCc1nc(NN)c(C)c(NCC(O)c2ccccc2)n1. The highest BCUT2D eigenvalue weighted by molar-refractivity contribution is 5.56. The number of aliphatic hydroxyl groups is 1. The van der Waals surface area contributed by atoms with Crippen molar-refractivity contribution in [3.8, 4) is 0 Å². The molecule has 1 heterocycles. The molecule has 1 aromatic carbocycles. The number of nitrogen functional groups attached to an aromatic ring is 1. The van der Waals surface area contributed by atoms with Gasteiger partial charge in [-0.15, -0.1) is 0 Å². The van der Waals surface area contributed by atoms with E-state index >= 15 is 0 Å². The van der Waals surface area contributed by atoms with Gasteiger partial charge in [-0.1, -0.05) is 37.3 Å². The predicted molar refractivity (Wildman–Crippen MR) is 83.8 cm³/mol. The number of hydrogen-bond donors (Lipinski definition) is 4. The third-order valence-corrected chi connectivity index (χ3v) is 3.29. The van der Waals surface area contributed by atoms with Gasteiger partial charge >= 0.3 is 0 Å². The van der Waals surface area contributed by atoms with Gasteiger partial charge in [-0.2, -0.15) is 0 Å². The van der Waals surface area contributed by atoms with E-state index in [4.69, 9.17) is 5.84 Å². The lowest BCUT2D eigenvalue weighted by Gasteiger charge is -2.16. The van der Waals surface area contributed by atoms with Gasteiger partial charge in [0.25, 0.3) is 0 Å². The summed E-state index contributed by atoms with van der Waals surface area (Å²) in [6.07, 6.45) is 0.116. The van der Waals surface area contributed by atoms with E-state index in [1.807, 2.05) is 44.2 Å². The van der Waals surface area contributed by atoms with Crippen LogP contribution in [0.25, 0.3) is 0 Å². The van der Waals surface area contributed by atoms with E-state index in [1.54, 1.807) is 0 Å². The summed E-state index contributed by atoms with van der Waals surface area (Å²) in [5.74, 6) is 7.45. The maximum absolute atomic E-state index is 10.2. The minimum absolute atomic E-state index is 0.370. The number of benzene rings is 1. The fourth-order valence-corrected chi connectivity index (χ4v) is 2.02. The van der Waals surface area contributed by atoms with Gasteiger partial charge in [0, 0.05) is 18.5 Å². The lowest BCUT2D eigenvalue weighted by molar-refractivity contribution is 0.191. The van der Waals surface area contributed by atoms with E-state index in [1.165, 1.54) is 0 Å². The van der Waals surface area contributed by atoms with Crippen molar-refractivity contribution in [2.75, 3.05) is 17.3 Å². The van der Waals surface area contributed by atoms with Gasteiger partial charge in [0.05, 0.1) is 6.10 Å². The Balaban J connectivity index is 2.12. The van der Waals surface area contributed by atoms with Crippen LogP contribution in [-0.2, 0) is 6.42 Å². The molecule has 21 heavy (non-hydrogen) atoms. The van der Waals surface area contributed by atoms with Crippen LogP contribution in [-0.4, -0.2) is 21.6 Å². The maximum atomic E-state index is 10.2. The van der Waals surface area contributed by atoms with Crippen LogP contribution in [0.1, 0.15) is 30.0 Å². The Hall–Kier alpha value is -2.18. The van der Waals surface area contributed by atoms with Crippen molar-refractivity contribution < 1.29 is 5.11 Å². The van der Waals surface area contributed by atoms with Crippen molar-refractivity contribution in [3.05, 3.63) is 47.3 Å². The average Bonchev–Trinajstić information content (AvgIpc) is 2.54. The Labute approximate surface area is 124 Å². The molecule has 0 saturated carbocycles. The summed E-state index contributed by atoms with van der Waals surface area (Å²) in [5, 5.41) is 13.3. The minimum Gasteiger partial charge on any atom is -0.387 e. The van der Waals surface area contributed by atoms with Crippen LogP contribution >= 0.6 is 0 Å². The van der Waals surface area contributed by atoms with Crippen LogP contribution in [0.15, 0.2) is 30.3 Å². The first-order chi connectivity index (χ1) is 10.2. The molecule has 5 N–H and O–H groups in total. The Morgan fingerprint density at radius 2 is 1.86 bits per heavy atom. The first-order valence-electron chi connectivity index (χ1n) is 6.96. The molecule has 0 radical (unpaired) electrons. The molecule has 6 heteroatoms. The van der Waals surface area contributed by atoms with Gasteiger partial charge < -0.3 is 15.8 Å². The van der Waals surface area contributed by atoms with Crippen LogP contribution in [0.2, 0.25) is 0 Å². The molecule has 0 amide bonds. The van der Waals surface area contributed by atoms with Gasteiger partial charge in [-0.05, 0) is 12.5 Å². The fourth-order valence-electron chi connectivity index (χ4n) is 2.02.